The predicted molar refractivity (Wildman–Crippen MR) is 68.3 cm³/mol. The van der Waals surface area contributed by atoms with Crippen LogP contribution in [0.25, 0.3) is 0 Å². The minimum atomic E-state index is 0.0786. The van der Waals surface area contributed by atoms with Crippen LogP contribution in [-0.4, -0.2) is 0 Å². The first-order valence-electron chi connectivity index (χ1n) is 4.70. The van der Waals surface area contributed by atoms with E-state index >= 15 is 0 Å². The Morgan fingerprint density at radius 3 is 2.64 bits per heavy atom. The van der Waals surface area contributed by atoms with Crippen molar-refractivity contribution in [2.45, 2.75) is 41.0 Å². The van der Waals surface area contributed by atoms with Crippen LogP contribution in [0.2, 0.25) is 0 Å². The van der Waals surface area contributed by atoms with Gasteiger partial charge in [-0.1, -0.05) is 19.8 Å². The molecule has 1 heterocycles. The molecule has 0 fully saturated rings. The average Bonchev–Trinajstić information content (AvgIpc) is 2.09. The van der Waals surface area contributed by atoms with Gasteiger partial charge in [-0.3, -0.25) is 4.79 Å². The van der Waals surface area contributed by atoms with Crippen molar-refractivity contribution < 1.29 is 0 Å². The molecule has 0 radical (unpaired) electrons. The summed E-state index contributed by atoms with van der Waals surface area (Å²) >= 11 is 9.92. The SMILES string of the molecule is CCCCCc1c(S)sc(S)cc1=O. The largest absolute Gasteiger partial charge is 0.290 e. The van der Waals surface area contributed by atoms with E-state index in [1.807, 2.05) is 0 Å². The molecule has 78 valence electrons. The van der Waals surface area contributed by atoms with Crippen molar-refractivity contribution in [1.29, 1.82) is 0 Å². The molecule has 0 unspecified atom stereocenters. The molecule has 0 aromatic carbocycles. The second-order valence-corrected chi connectivity index (χ2v) is 5.78. The normalized spacial score (nSPS) is 10.5. The van der Waals surface area contributed by atoms with Gasteiger partial charge in [-0.25, -0.2) is 0 Å². The van der Waals surface area contributed by atoms with E-state index in [4.69, 9.17) is 0 Å². The van der Waals surface area contributed by atoms with Crippen LogP contribution in [0.3, 0.4) is 0 Å². The highest BCUT2D eigenvalue weighted by Crippen LogP contribution is 2.23. The molecule has 0 bridgehead atoms. The lowest BCUT2D eigenvalue weighted by Crippen LogP contribution is -2.07. The Hall–Kier alpha value is 0.0700. The van der Waals surface area contributed by atoms with Crippen molar-refractivity contribution >= 4 is 36.6 Å². The highest BCUT2D eigenvalue weighted by atomic mass is 32.2. The summed E-state index contributed by atoms with van der Waals surface area (Å²) in [5.74, 6) is 0. The number of hydrogen-bond acceptors (Lipinski definition) is 4. The minimum Gasteiger partial charge on any atom is -0.290 e. The monoisotopic (exact) mass is 246 g/mol. The fraction of sp³-hybridized carbons (Fsp3) is 0.500. The third-order valence-electron chi connectivity index (χ3n) is 2.04. The summed E-state index contributed by atoms with van der Waals surface area (Å²) in [6, 6.07) is 1.58. The van der Waals surface area contributed by atoms with E-state index in [1.54, 1.807) is 6.07 Å². The molecule has 0 saturated carbocycles. The highest BCUT2D eigenvalue weighted by Gasteiger charge is 2.05. The van der Waals surface area contributed by atoms with Crippen LogP contribution in [0, 0.1) is 0 Å². The molecule has 1 aromatic heterocycles. The standard InChI is InChI=1S/C10H14OS3/c1-2-3-4-5-7-8(11)6-9(12)14-10(7)13/h6,12-13H,2-5H2,1H3. The van der Waals surface area contributed by atoms with E-state index in [-0.39, 0.29) is 5.43 Å². The molecule has 0 saturated heterocycles. The summed E-state index contributed by atoms with van der Waals surface area (Å²) in [6.07, 6.45) is 4.25. The molecule has 0 spiro atoms. The smallest absolute Gasteiger partial charge is 0.185 e. The highest BCUT2D eigenvalue weighted by molar-refractivity contribution is 7.85. The fourth-order valence-corrected chi connectivity index (χ4v) is 3.09. The molecular formula is C10H14OS3. The van der Waals surface area contributed by atoms with Crippen molar-refractivity contribution in [3.63, 3.8) is 0 Å². The molecule has 1 rings (SSSR count). The van der Waals surface area contributed by atoms with Crippen molar-refractivity contribution in [3.8, 4) is 0 Å². The van der Waals surface area contributed by atoms with Crippen LogP contribution in [0.1, 0.15) is 31.7 Å². The van der Waals surface area contributed by atoms with Gasteiger partial charge in [0, 0.05) is 11.6 Å². The van der Waals surface area contributed by atoms with E-state index in [9.17, 15) is 4.79 Å². The van der Waals surface area contributed by atoms with E-state index in [0.29, 0.717) is 0 Å². The van der Waals surface area contributed by atoms with Crippen LogP contribution in [0.5, 0.6) is 0 Å². The van der Waals surface area contributed by atoms with Crippen molar-refractivity contribution in [2.24, 2.45) is 0 Å². The number of rotatable bonds is 4. The Bertz CT molecular complexity index is 357. The molecule has 0 N–H and O–H groups in total. The third kappa shape index (κ3) is 3.33. The maximum Gasteiger partial charge on any atom is 0.185 e. The van der Waals surface area contributed by atoms with Gasteiger partial charge in [0.15, 0.2) is 5.43 Å². The first-order chi connectivity index (χ1) is 6.65. The lowest BCUT2D eigenvalue weighted by atomic mass is 10.1. The van der Waals surface area contributed by atoms with Crippen molar-refractivity contribution in [3.05, 3.63) is 21.9 Å². The molecule has 1 aromatic rings. The molecule has 0 aliphatic heterocycles. The van der Waals surface area contributed by atoms with Crippen LogP contribution in [0.15, 0.2) is 19.3 Å². The maximum absolute atomic E-state index is 11.6. The van der Waals surface area contributed by atoms with Crippen LogP contribution >= 0.6 is 36.6 Å². The average molecular weight is 246 g/mol. The molecule has 4 heteroatoms. The van der Waals surface area contributed by atoms with E-state index in [1.165, 1.54) is 24.2 Å². The summed E-state index contributed by atoms with van der Waals surface area (Å²) in [5, 5.41) is 0. The molecular weight excluding hydrogens is 232 g/mol. The van der Waals surface area contributed by atoms with Gasteiger partial charge in [-0.2, -0.15) is 0 Å². The second-order valence-electron chi connectivity index (χ2n) is 3.19. The fourth-order valence-electron chi connectivity index (χ4n) is 1.28. The Kier molecular flexibility index (Phi) is 5.06. The van der Waals surface area contributed by atoms with Crippen molar-refractivity contribution in [1.82, 2.24) is 0 Å². The lowest BCUT2D eigenvalue weighted by Gasteiger charge is -2.02. The zero-order valence-electron chi connectivity index (χ0n) is 8.12. The number of hydrogen-bond donors (Lipinski definition) is 2. The van der Waals surface area contributed by atoms with Crippen LogP contribution in [-0.2, 0) is 6.42 Å². The summed E-state index contributed by atoms with van der Waals surface area (Å²) in [6.45, 7) is 2.15. The Balaban J connectivity index is 2.81. The topological polar surface area (TPSA) is 17.1 Å². The van der Waals surface area contributed by atoms with Gasteiger partial charge in [0.25, 0.3) is 0 Å². The van der Waals surface area contributed by atoms with Gasteiger partial charge in [0.2, 0.25) is 0 Å². The van der Waals surface area contributed by atoms with E-state index in [2.05, 4.69) is 32.2 Å². The molecule has 0 atom stereocenters. The summed E-state index contributed by atoms with van der Waals surface area (Å²) in [4.78, 5) is 11.6. The molecule has 14 heavy (non-hydrogen) atoms. The van der Waals surface area contributed by atoms with Gasteiger partial charge >= 0.3 is 0 Å². The summed E-state index contributed by atoms with van der Waals surface area (Å²) in [5.41, 5.74) is 0.930. The zero-order chi connectivity index (χ0) is 10.6. The van der Waals surface area contributed by atoms with Crippen LogP contribution in [0.4, 0.5) is 0 Å². The Morgan fingerprint density at radius 2 is 2.07 bits per heavy atom. The number of thiol groups is 2. The Morgan fingerprint density at radius 1 is 1.36 bits per heavy atom. The van der Waals surface area contributed by atoms with E-state index in [0.717, 1.165) is 26.8 Å². The number of unbranched alkanes of at least 4 members (excludes halogenated alkanes) is 2. The maximum atomic E-state index is 11.6. The van der Waals surface area contributed by atoms with Crippen molar-refractivity contribution in [2.75, 3.05) is 0 Å². The first-order valence-corrected chi connectivity index (χ1v) is 6.41. The molecule has 0 amide bonds. The minimum absolute atomic E-state index is 0.0786. The van der Waals surface area contributed by atoms with Gasteiger partial charge < -0.3 is 0 Å². The summed E-state index contributed by atoms with van der Waals surface area (Å²) < 4.78 is 1.55. The molecule has 0 aliphatic rings. The molecule has 0 aliphatic carbocycles. The lowest BCUT2D eigenvalue weighted by molar-refractivity contribution is 0.711. The first kappa shape index (κ1) is 12.1. The quantitative estimate of drug-likeness (QED) is 0.615. The molecule has 1 nitrogen and oxygen atoms in total. The third-order valence-corrected chi connectivity index (χ3v) is 3.76. The van der Waals surface area contributed by atoms with Gasteiger partial charge in [-0.15, -0.1) is 36.6 Å². The van der Waals surface area contributed by atoms with Gasteiger partial charge in [-0.05, 0) is 12.8 Å². The Labute approximate surface area is 99.4 Å². The second kappa shape index (κ2) is 5.83. The van der Waals surface area contributed by atoms with Gasteiger partial charge in [0.05, 0.1) is 8.42 Å². The van der Waals surface area contributed by atoms with Gasteiger partial charge in [0.1, 0.15) is 0 Å². The van der Waals surface area contributed by atoms with E-state index < -0.39 is 0 Å². The zero-order valence-corrected chi connectivity index (χ0v) is 10.7. The summed E-state index contributed by atoms with van der Waals surface area (Å²) in [7, 11) is 0. The predicted octanol–water partition coefficient (Wildman–Crippen LogP) is 3.42. The van der Waals surface area contributed by atoms with Crippen LogP contribution < -0.4 is 5.43 Å².